The van der Waals surface area contributed by atoms with Gasteiger partial charge in [0.05, 0.1) is 34.0 Å². The highest BCUT2D eigenvalue weighted by molar-refractivity contribution is 5.83. The highest BCUT2D eigenvalue weighted by atomic mass is 16.6. The second-order valence-corrected chi connectivity index (χ2v) is 9.33. The van der Waals surface area contributed by atoms with Crippen molar-refractivity contribution in [2.75, 3.05) is 41.7 Å². The molecule has 196 valence electrons. The molecule has 36 heavy (non-hydrogen) atoms. The summed E-state index contributed by atoms with van der Waals surface area (Å²) in [5.74, 6) is 1.60. The molecule has 0 heterocycles. The molecule has 2 aromatic rings. The summed E-state index contributed by atoms with van der Waals surface area (Å²) in [5.41, 5.74) is 2.03. The molecule has 0 fully saturated rings. The normalized spacial score (nSPS) is 14.6. The van der Waals surface area contributed by atoms with Crippen molar-refractivity contribution in [3.63, 3.8) is 0 Å². The lowest BCUT2D eigenvalue weighted by Crippen LogP contribution is -2.35. The molecule has 0 aromatic heterocycles. The van der Waals surface area contributed by atoms with Crippen LogP contribution >= 0.6 is 0 Å². The molecule has 0 spiro atoms. The zero-order chi connectivity index (χ0) is 26.5. The van der Waals surface area contributed by atoms with Gasteiger partial charge >= 0.3 is 6.09 Å². The van der Waals surface area contributed by atoms with Crippen LogP contribution in [0.5, 0.6) is 23.0 Å². The Balaban J connectivity index is 2.28. The topological polar surface area (TPSA) is 102 Å². The molecule has 0 bridgehead atoms. The molecule has 9 heteroatoms. The maximum Gasteiger partial charge on any atom is 0.408 e. The fourth-order valence-electron chi connectivity index (χ4n) is 4.24. The minimum atomic E-state index is -0.669. The van der Waals surface area contributed by atoms with Gasteiger partial charge in [0.2, 0.25) is 11.2 Å². The number of hydrogen-bond donors (Lipinski definition) is 1. The quantitative estimate of drug-likeness (QED) is 0.535. The van der Waals surface area contributed by atoms with E-state index in [1.807, 2.05) is 6.07 Å². The van der Waals surface area contributed by atoms with Crippen molar-refractivity contribution in [3.8, 4) is 34.1 Å². The van der Waals surface area contributed by atoms with Gasteiger partial charge in [-0.1, -0.05) is 6.07 Å². The van der Waals surface area contributed by atoms with Crippen LogP contribution < -0.4 is 29.7 Å². The number of amides is 1. The van der Waals surface area contributed by atoms with Gasteiger partial charge in [0, 0.05) is 12.7 Å². The van der Waals surface area contributed by atoms with E-state index < -0.39 is 17.7 Å². The van der Waals surface area contributed by atoms with Crippen LogP contribution in [0.1, 0.15) is 44.4 Å². The number of fused-ring (bicyclic) bond motifs is 3. The summed E-state index contributed by atoms with van der Waals surface area (Å²) < 4.78 is 33.4. The summed E-state index contributed by atoms with van der Waals surface area (Å²) in [6.45, 7) is 6.03. The average Bonchev–Trinajstić information content (AvgIpc) is 3.06. The number of carbonyl (C=O) groups is 1. The summed E-state index contributed by atoms with van der Waals surface area (Å²) in [6.07, 6.45) is 0.514. The van der Waals surface area contributed by atoms with E-state index in [9.17, 15) is 9.59 Å². The molecule has 1 atom stereocenters. The summed E-state index contributed by atoms with van der Waals surface area (Å²) >= 11 is 0. The first-order valence-electron chi connectivity index (χ1n) is 11.7. The van der Waals surface area contributed by atoms with Crippen molar-refractivity contribution < 1.29 is 33.2 Å². The predicted molar refractivity (Wildman–Crippen MR) is 136 cm³/mol. The number of rotatable bonds is 8. The Bertz CT molecular complexity index is 1160. The highest BCUT2D eigenvalue weighted by Gasteiger charge is 2.31. The van der Waals surface area contributed by atoms with E-state index in [1.54, 1.807) is 54.2 Å². The van der Waals surface area contributed by atoms with Crippen molar-refractivity contribution in [2.45, 2.75) is 45.3 Å². The molecule has 0 saturated carbocycles. The molecular formula is C27H35NO8. The Morgan fingerprint density at radius 2 is 1.69 bits per heavy atom. The first-order valence-corrected chi connectivity index (χ1v) is 11.7. The number of nitrogens with one attached hydrogen (secondary N) is 1. The van der Waals surface area contributed by atoms with E-state index in [-0.39, 0.29) is 17.8 Å². The Morgan fingerprint density at radius 3 is 2.31 bits per heavy atom. The van der Waals surface area contributed by atoms with Crippen LogP contribution in [0.4, 0.5) is 4.79 Å². The Hall–Kier alpha value is -3.46. The lowest BCUT2D eigenvalue weighted by atomic mass is 9.95. The predicted octanol–water partition coefficient (Wildman–Crippen LogP) is 4.28. The van der Waals surface area contributed by atoms with Crippen molar-refractivity contribution >= 4 is 6.09 Å². The van der Waals surface area contributed by atoms with Crippen molar-refractivity contribution in [2.24, 2.45) is 0 Å². The standard InChI is InChI=1S/C27H35NO8/c1-27(2,3)36-26(30)28-19-10-8-16-14-22(33-6)24(34-7)25(35-13-12-31-4)23(16)17-9-11-21(32-5)20(29)15-18(17)19/h9,11,14-15,19H,8,10,12-13H2,1-7H3,(H,28,30). The van der Waals surface area contributed by atoms with Crippen LogP contribution in [0.15, 0.2) is 29.1 Å². The summed E-state index contributed by atoms with van der Waals surface area (Å²) in [5, 5.41) is 2.95. The first kappa shape index (κ1) is 27.1. The highest BCUT2D eigenvalue weighted by Crippen LogP contribution is 2.50. The van der Waals surface area contributed by atoms with Gasteiger partial charge < -0.3 is 33.7 Å². The van der Waals surface area contributed by atoms with Crippen LogP contribution in [-0.4, -0.2) is 53.3 Å². The van der Waals surface area contributed by atoms with Gasteiger partial charge in [-0.25, -0.2) is 4.79 Å². The fraction of sp³-hybridized carbons (Fsp3) is 0.481. The summed E-state index contributed by atoms with van der Waals surface area (Å²) in [6, 6.07) is 6.32. The van der Waals surface area contributed by atoms with Crippen LogP contribution in [0.3, 0.4) is 0 Å². The van der Waals surface area contributed by atoms with Gasteiger partial charge in [0.25, 0.3) is 0 Å². The van der Waals surface area contributed by atoms with Crippen molar-refractivity contribution in [3.05, 3.63) is 45.6 Å². The Morgan fingerprint density at radius 1 is 0.972 bits per heavy atom. The Labute approximate surface area is 211 Å². The lowest BCUT2D eigenvalue weighted by molar-refractivity contribution is 0.0501. The minimum absolute atomic E-state index is 0.183. The third-order valence-corrected chi connectivity index (χ3v) is 5.74. The third-order valence-electron chi connectivity index (χ3n) is 5.74. The van der Waals surface area contributed by atoms with Gasteiger partial charge in [0.1, 0.15) is 12.2 Å². The van der Waals surface area contributed by atoms with Gasteiger partial charge in [0.15, 0.2) is 17.2 Å². The molecule has 9 nitrogen and oxygen atoms in total. The third kappa shape index (κ3) is 6.02. The average molecular weight is 502 g/mol. The van der Waals surface area contributed by atoms with Crippen LogP contribution in [0.2, 0.25) is 0 Å². The maximum atomic E-state index is 13.0. The second kappa shape index (κ2) is 11.5. The van der Waals surface area contributed by atoms with Crippen LogP contribution in [0, 0.1) is 0 Å². The van der Waals surface area contributed by atoms with Crippen LogP contribution in [-0.2, 0) is 15.9 Å². The number of alkyl carbamates (subject to hydrolysis) is 1. The minimum Gasteiger partial charge on any atom is -0.493 e. The molecule has 1 N–H and O–H groups in total. The number of aryl methyl sites for hydroxylation is 1. The van der Waals surface area contributed by atoms with Gasteiger partial charge in [-0.15, -0.1) is 0 Å². The van der Waals surface area contributed by atoms with Gasteiger partial charge in [-0.05, 0) is 68.5 Å². The van der Waals surface area contributed by atoms with Crippen molar-refractivity contribution in [1.82, 2.24) is 5.32 Å². The summed E-state index contributed by atoms with van der Waals surface area (Å²) in [7, 11) is 6.15. The smallest absolute Gasteiger partial charge is 0.408 e. The molecule has 2 aromatic carbocycles. The number of ether oxygens (including phenoxy) is 6. The second-order valence-electron chi connectivity index (χ2n) is 9.33. The number of methoxy groups -OCH3 is 4. The molecule has 1 aliphatic rings. The molecule has 0 saturated heterocycles. The van der Waals surface area contributed by atoms with E-state index in [4.69, 9.17) is 28.4 Å². The maximum absolute atomic E-state index is 13.0. The van der Waals surface area contributed by atoms with Crippen molar-refractivity contribution in [1.29, 1.82) is 0 Å². The monoisotopic (exact) mass is 501 g/mol. The zero-order valence-corrected chi connectivity index (χ0v) is 22.0. The summed E-state index contributed by atoms with van der Waals surface area (Å²) in [4.78, 5) is 25.7. The van der Waals surface area contributed by atoms with Gasteiger partial charge in [-0.2, -0.15) is 0 Å². The number of benzene rings is 1. The number of carbonyl (C=O) groups excluding carboxylic acids is 1. The number of hydrogen-bond acceptors (Lipinski definition) is 8. The van der Waals surface area contributed by atoms with E-state index >= 15 is 0 Å². The molecule has 0 radical (unpaired) electrons. The van der Waals surface area contributed by atoms with Gasteiger partial charge in [-0.3, -0.25) is 4.79 Å². The van der Waals surface area contributed by atoms with Crippen LogP contribution in [0.25, 0.3) is 11.1 Å². The molecule has 1 unspecified atom stereocenters. The van der Waals surface area contributed by atoms with E-state index in [1.165, 1.54) is 13.2 Å². The molecule has 3 rings (SSSR count). The fourth-order valence-corrected chi connectivity index (χ4v) is 4.24. The molecule has 0 aliphatic heterocycles. The largest absolute Gasteiger partial charge is 0.493 e. The lowest BCUT2D eigenvalue weighted by Gasteiger charge is -2.23. The molecular weight excluding hydrogens is 466 g/mol. The van der Waals surface area contributed by atoms with E-state index in [2.05, 4.69) is 5.32 Å². The van der Waals surface area contributed by atoms with E-state index in [0.717, 1.165) is 11.1 Å². The zero-order valence-electron chi connectivity index (χ0n) is 22.0. The first-order chi connectivity index (χ1) is 17.1. The molecule has 1 aliphatic carbocycles. The SMILES string of the molecule is COCCOc1c(OC)c(OC)cc2c1-c1ccc(OC)c(=O)cc1C(NC(=O)OC(C)(C)C)CC2. The molecule has 1 amide bonds. The Kier molecular flexibility index (Phi) is 8.68. The van der Waals surface area contributed by atoms with E-state index in [0.29, 0.717) is 47.8 Å².